The highest BCUT2D eigenvalue weighted by Crippen LogP contribution is 2.28. The van der Waals surface area contributed by atoms with Crippen LogP contribution in [0.2, 0.25) is 0 Å². The van der Waals surface area contributed by atoms with E-state index in [1.165, 1.54) is 19.2 Å². The maximum atomic E-state index is 12.4. The van der Waals surface area contributed by atoms with E-state index in [4.69, 9.17) is 0 Å². The quantitative estimate of drug-likeness (QED) is 0.724. The Bertz CT molecular complexity index is 794. The molecule has 2 rings (SSSR count). The molecule has 0 radical (unpaired) electrons. The molecule has 0 unspecified atom stereocenters. The fourth-order valence-electron chi connectivity index (χ4n) is 3.11. The van der Waals surface area contributed by atoms with E-state index in [1.807, 2.05) is 6.92 Å². The number of anilines is 1. The molecule has 2 amide bonds. The highest BCUT2D eigenvalue weighted by Gasteiger charge is 2.38. The molecule has 3 atom stereocenters. The predicted octanol–water partition coefficient (Wildman–Crippen LogP) is 0.430. The maximum absolute atomic E-state index is 12.4. The number of hydrogen-bond donors (Lipinski definition) is 2. The summed E-state index contributed by atoms with van der Waals surface area (Å²) in [5.74, 6) is -0.702. The molecule has 0 spiro atoms. The predicted molar refractivity (Wildman–Crippen MR) is 103 cm³/mol. The summed E-state index contributed by atoms with van der Waals surface area (Å²) in [6, 6.07) is 5.66. The summed E-state index contributed by atoms with van der Waals surface area (Å²) in [5.41, 5.74) is 0.802. The lowest BCUT2D eigenvalue weighted by Crippen LogP contribution is -2.40. The largest absolute Gasteiger partial charge is 0.391 e. The number of rotatable bonds is 6. The molecule has 1 aliphatic carbocycles. The highest BCUT2D eigenvalue weighted by molar-refractivity contribution is 7.92. The van der Waals surface area contributed by atoms with Gasteiger partial charge in [-0.3, -0.25) is 13.9 Å². The van der Waals surface area contributed by atoms with Gasteiger partial charge < -0.3 is 15.3 Å². The fourth-order valence-corrected chi connectivity index (χ4v) is 3.61. The molecule has 1 aromatic carbocycles. The summed E-state index contributed by atoms with van der Waals surface area (Å²) in [7, 11) is -0.222. The number of sulfonamides is 1. The molecule has 1 fully saturated rings. The maximum Gasteiger partial charge on any atom is 0.251 e. The Hall–Kier alpha value is -2.13. The first-order chi connectivity index (χ1) is 12.5. The lowest BCUT2D eigenvalue weighted by Gasteiger charge is -2.19. The molecule has 8 nitrogen and oxygen atoms in total. The van der Waals surface area contributed by atoms with E-state index < -0.39 is 22.2 Å². The van der Waals surface area contributed by atoms with Crippen molar-refractivity contribution < 1.29 is 23.1 Å². The van der Waals surface area contributed by atoms with Gasteiger partial charge in [0.1, 0.15) is 0 Å². The highest BCUT2D eigenvalue weighted by atomic mass is 32.2. The van der Waals surface area contributed by atoms with Gasteiger partial charge in [-0.15, -0.1) is 0 Å². The average molecular weight is 397 g/mol. The summed E-state index contributed by atoms with van der Waals surface area (Å²) >= 11 is 0. The molecule has 1 aliphatic rings. The number of aliphatic hydroxyl groups excluding tert-OH is 1. The van der Waals surface area contributed by atoms with Crippen LogP contribution < -0.4 is 9.62 Å². The Balaban J connectivity index is 2.02. The summed E-state index contributed by atoms with van der Waals surface area (Å²) in [4.78, 5) is 26.3. The zero-order chi connectivity index (χ0) is 20.4. The summed E-state index contributed by atoms with van der Waals surface area (Å²) in [6.45, 7) is 2.48. The topological polar surface area (TPSA) is 107 Å². The normalized spacial score (nSPS) is 22.3. The van der Waals surface area contributed by atoms with Gasteiger partial charge >= 0.3 is 0 Å². The summed E-state index contributed by atoms with van der Waals surface area (Å²) in [6.07, 6.45) is 1.05. The van der Waals surface area contributed by atoms with Gasteiger partial charge in [-0.2, -0.15) is 0 Å². The monoisotopic (exact) mass is 397 g/mol. The van der Waals surface area contributed by atoms with Crippen molar-refractivity contribution in [1.82, 2.24) is 10.2 Å². The first kappa shape index (κ1) is 21.2. The van der Waals surface area contributed by atoms with E-state index in [0.29, 0.717) is 30.6 Å². The van der Waals surface area contributed by atoms with Crippen molar-refractivity contribution in [1.29, 1.82) is 0 Å². The zero-order valence-electron chi connectivity index (χ0n) is 16.0. The Morgan fingerprint density at radius 1 is 1.19 bits per heavy atom. The molecule has 9 heteroatoms. The molecule has 150 valence electrons. The van der Waals surface area contributed by atoms with E-state index in [9.17, 15) is 23.1 Å². The number of aliphatic hydroxyl groups is 1. The number of amides is 2. The molecule has 0 bridgehead atoms. The van der Waals surface area contributed by atoms with Crippen molar-refractivity contribution in [3.63, 3.8) is 0 Å². The van der Waals surface area contributed by atoms with Gasteiger partial charge in [0.15, 0.2) is 0 Å². The SMILES string of the molecule is CCN(C)C(=O)[C@@H]1C[C@@H](O)[C@H](NC(=O)c2ccc(N(C)S(C)(=O)=O)cc2)C1. The second-order valence-electron chi connectivity index (χ2n) is 6.95. The van der Waals surface area contributed by atoms with Crippen LogP contribution in [0.15, 0.2) is 24.3 Å². The number of nitrogens with one attached hydrogen (secondary N) is 1. The van der Waals surface area contributed by atoms with Crippen LogP contribution in [0.4, 0.5) is 5.69 Å². The minimum Gasteiger partial charge on any atom is -0.391 e. The number of benzene rings is 1. The summed E-state index contributed by atoms with van der Waals surface area (Å²) in [5, 5.41) is 13.0. The molecule has 0 aromatic heterocycles. The van der Waals surface area contributed by atoms with E-state index in [-0.39, 0.29) is 17.7 Å². The van der Waals surface area contributed by atoms with Crippen LogP contribution in [0, 0.1) is 5.92 Å². The third-order valence-corrected chi connectivity index (χ3v) is 6.24. The van der Waals surface area contributed by atoms with Gasteiger partial charge in [-0.1, -0.05) is 0 Å². The molecular formula is C18H27N3O5S. The van der Waals surface area contributed by atoms with Crippen LogP contribution >= 0.6 is 0 Å². The van der Waals surface area contributed by atoms with Crippen LogP contribution in [0.25, 0.3) is 0 Å². The van der Waals surface area contributed by atoms with Crippen molar-refractivity contribution in [3.05, 3.63) is 29.8 Å². The first-order valence-corrected chi connectivity index (χ1v) is 10.7. The second kappa shape index (κ2) is 8.26. The van der Waals surface area contributed by atoms with Crippen molar-refractivity contribution in [2.75, 3.05) is 31.2 Å². The summed E-state index contributed by atoms with van der Waals surface area (Å²) < 4.78 is 24.2. The molecule has 0 aliphatic heterocycles. The van der Waals surface area contributed by atoms with E-state index in [1.54, 1.807) is 24.1 Å². The Labute approximate surface area is 160 Å². The number of hydrogen-bond acceptors (Lipinski definition) is 5. The van der Waals surface area contributed by atoms with Crippen molar-refractivity contribution >= 4 is 27.5 Å². The van der Waals surface area contributed by atoms with Crippen LogP contribution in [-0.2, 0) is 14.8 Å². The molecule has 27 heavy (non-hydrogen) atoms. The van der Waals surface area contributed by atoms with Gasteiger partial charge in [0, 0.05) is 32.1 Å². The fraction of sp³-hybridized carbons (Fsp3) is 0.556. The van der Waals surface area contributed by atoms with Gasteiger partial charge in [0.2, 0.25) is 15.9 Å². The lowest BCUT2D eigenvalue weighted by atomic mass is 10.1. The second-order valence-corrected chi connectivity index (χ2v) is 8.96. The van der Waals surface area contributed by atoms with Gasteiger partial charge in [0.05, 0.1) is 24.1 Å². The Morgan fingerprint density at radius 3 is 2.30 bits per heavy atom. The van der Waals surface area contributed by atoms with E-state index >= 15 is 0 Å². The van der Waals surface area contributed by atoms with Crippen molar-refractivity contribution in [3.8, 4) is 0 Å². The minimum absolute atomic E-state index is 0.0264. The van der Waals surface area contributed by atoms with E-state index in [0.717, 1.165) is 10.6 Å². The molecule has 2 N–H and O–H groups in total. The van der Waals surface area contributed by atoms with Crippen LogP contribution in [-0.4, -0.2) is 69.3 Å². The first-order valence-electron chi connectivity index (χ1n) is 8.82. The number of carbonyl (C=O) groups excluding carboxylic acids is 2. The van der Waals surface area contributed by atoms with Gasteiger partial charge in [-0.25, -0.2) is 8.42 Å². The minimum atomic E-state index is -3.37. The van der Waals surface area contributed by atoms with Crippen molar-refractivity contribution in [2.45, 2.75) is 31.9 Å². The Kier molecular flexibility index (Phi) is 6.48. The smallest absolute Gasteiger partial charge is 0.251 e. The molecule has 0 saturated heterocycles. The van der Waals surface area contributed by atoms with Crippen molar-refractivity contribution in [2.24, 2.45) is 5.92 Å². The molecule has 1 aromatic rings. The third-order valence-electron chi connectivity index (χ3n) is 5.04. The number of carbonyl (C=O) groups is 2. The van der Waals surface area contributed by atoms with Crippen LogP contribution in [0.3, 0.4) is 0 Å². The van der Waals surface area contributed by atoms with Crippen LogP contribution in [0.5, 0.6) is 0 Å². The molecule has 1 saturated carbocycles. The molecule has 0 heterocycles. The standard InChI is InChI=1S/C18H27N3O5S/c1-5-20(2)18(24)13-10-15(16(22)11-13)19-17(23)12-6-8-14(9-7-12)21(3)27(4,25)26/h6-9,13,15-16,22H,5,10-11H2,1-4H3,(H,19,23)/t13-,15+,16+/m0/s1. The lowest BCUT2D eigenvalue weighted by molar-refractivity contribution is -0.134. The van der Waals surface area contributed by atoms with Gasteiger partial charge in [0.25, 0.3) is 5.91 Å². The van der Waals surface area contributed by atoms with Crippen LogP contribution in [0.1, 0.15) is 30.1 Å². The zero-order valence-corrected chi connectivity index (χ0v) is 16.9. The van der Waals surface area contributed by atoms with Gasteiger partial charge in [-0.05, 0) is 44.0 Å². The Morgan fingerprint density at radius 2 is 1.78 bits per heavy atom. The number of nitrogens with zero attached hydrogens (tertiary/aromatic N) is 2. The average Bonchev–Trinajstić information content (AvgIpc) is 2.99. The van der Waals surface area contributed by atoms with E-state index in [2.05, 4.69) is 5.32 Å². The third kappa shape index (κ3) is 4.98. The molecular weight excluding hydrogens is 370 g/mol.